The first-order valence-electron chi connectivity index (χ1n) is 4.15. The molecule has 0 N–H and O–H groups in total. The zero-order valence-corrected chi connectivity index (χ0v) is 8.02. The summed E-state index contributed by atoms with van der Waals surface area (Å²) in [5.41, 5.74) is -0.0848. The maximum absolute atomic E-state index is 10.6. The quantitative estimate of drug-likeness (QED) is 0.547. The molecule has 1 rings (SSSR count). The Kier molecular flexibility index (Phi) is 3.28. The molecule has 0 unspecified atom stereocenters. The van der Waals surface area contributed by atoms with Crippen LogP contribution >= 0.6 is 0 Å². The minimum Gasteiger partial charge on any atom is -0.490 e. The zero-order chi connectivity index (χ0) is 10.6. The third-order valence-corrected chi connectivity index (χ3v) is 1.66. The van der Waals surface area contributed by atoms with Gasteiger partial charge in [0.15, 0.2) is 5.75 Å². The summed E-state index contributed by atoms with van der Waals surface area (Å²) in [5, 5.41) is 10.6. The Hall–Kier alpha value is -1.78. The second-order valence-electron chi connectivity index (χ2n) is 2.50. The van der Waals surface area contributed by atoms with Gasteiger partial charge in [0.2, 0.25) is 5.75 Å². The van der Waals surface area contributed by atoms with Gasteiger partial charge >= 0.3 is 5.69 Å². The third-order valence-electron chi connectivity index (χ3n) is 1.66. The smallest absolute Gasteiger partial charge is 0.314 e. The topological polar surface area (TPSA) is 61.6 Å². The van der Waals surface area contributed by atoms with E-state index in [1.165, 1.54) is 13.2 Å². The van der Waals surface area contributed by atoms with Gasteiger partial charge in [-0.15, -0.1) is 0 Å². The van der Waals surface area contributed by atoms with Gasteiger partial charge in [-0.2, -0.15) is 0 Å². The van der Waals surface area contributed by atoms with Crippen LogP contribution in [0.3, 0.4) is 0 Å². The molecule has 5 heteroatoms. The van der Waals surface area contributed by atoms with Gasteiger partial charge in [0.25, 0.3) is 0 Å². The normalized spacial score (nSPS) is 9.57. The standard InChI is InChI=1S/C9H11NO4/c1-3-14-8-6-4-5-7(10(11)12)9(8)13-2/h4-6H,3H2,1-2H3. The van der Waals surface area contributed by atoms with Gasteiger partial charge in [0.1, 0.15) is 0 Å². The van der Waals surface area contributed by atoms with Crippen LogP contribution in [0.25, 0.3) is 0 Å². The van der Waals surface area contributed by atoms with Gasteiger partial charge in [-0.1, -0.05) is 6.07 Å². The molecule has 0 saturated carbocycles. The number of para-hydroxylation sites is 1. The highest BCUT2D eigenvalue weighted by atomic mass is 16.6. The van der Waals surface area contributed by atoms with Crippen LogP contribution < -0.4 is 9.47 Å². The van der Waals surface area contributed by atoms with Crippen molar-refractivity contribution in [2.45, 2.75) is 6.92 Å². The number of hydrogen-bond donors (Lipinski definition) is 0. The monoisotopic (exact) mass is 197 g/mol. The number of ether oxygens (including phenoxy) is 2. The van der Waals surface area contributed by atoms with E-state index in [1.807, 2.05) is 0 Å². The molecule has 0 fully saturated rings. The Morgan fingerprint density at radius 1 is 1.50 bits per heavy atom. The van der Waals surface area contributed by atoms with Crippen LogP contribution in [0.2, 0.25) is 0 Å². The molecule has 0 atom stereocenters. The fourth-order valence-electron chi connectivity index (χ4n) is 1.12. The van der Waals surface area contributed by atoms with Gasteiger partial charge in [0, 0.05) is 6.07 Å². The van der Waals surface area contributed by atoms with Gasteiger partial charge < -0.3 is 9.47 Å². The number of nitro groups is 1. The van der Waals surface area contributed by atoms with Gasteiger partial charge in [-0.05, 0) is 13.0 Å². The molecule has 14 heavy (non-hydrogen) atoms. The molecule has 5 nitrogen and oxygen atoms in total. The molecule has 0 aliphatic carbocycles. The number of hydrogen-bond acceptors (Lipinski definition) is 4. The fourth-order valence-corrected chi connectivity index (χ4v) is 1.12. The van der Waals surface area contributed by atoms with Crippen molar-refractivity contribution < 1.29 is 14.4 Å². The number of nitro benzene ring substituents is 1. The van der Waals surface area contributed by atoms with E-state index in [2.05, 4.69) is 0 Å². The summed E-state index contributed by atoms with van der Waals surface area (Å²) in [7, 11) is 1.38. The Morgan fingerprint density at radius 3 is 2.71 bits per heavy atom. The zero-order valence-electron chi connectivity index (χ0n) is 8.02. The molecule has 76 valence electrons. The molecular formula is C9H11NO4. The van der Waals surface area contributed by atoms with Crippen molar-refractivity contribution in [2.24, 2.45) is 0 Å². The number of methoxy groups -OCH3 is 1. The summed E-state index contributed by atoms with van der Waals surface area (Å²) in [6.07, 6.45) is 0. The lowest BCUT2D eigenvalue weighted by molar-refractivity contribution is -0.385. The predicted octanol–water partition coefficient (Wildman–Crippen LogP) is 2.00. The van der Waals surface area contributed by atoms with Crippen LogP contribution in [0, 0.1) is 10.1 Å². The van der Waals surface area contributed by atoms with Crippen molar-refractivity contribution in [3.8, 4) is 11.5 Å². The Balaban J connectivity index is 3.17. The second kappa shape index (κ2) is 4.45. The average molecular weight is 197 g/mol. The fraction of sp³-hybridized carbons (Fsp3) is 0.333. The number of rotatable bonds is 4. The largest absolute Gasteiger partial charge is 0.490 e. The molecule has 1 aromatic rings. The van der Waals surface area contributed by atoms with Crippen molar-refractivity contribution >= 4 is 5.69 Å². The van der Waals surface area contributed by atoms with Crippen molar-refractivity contribution in [2.75, 3.05) is 13.7 Å². The van der Waals surface area contributed by atoms with E-state index in [4.69, 9.17) is 9.47 Å². The van der Waals surface area contributed by atoms with Crippen LogP contribution in [0.15, 0.2) is 18.2 Å². The number of benzene rings is 1. The summed E-state index contributed by atoms with van der Waals surface area (Å²) < 4.78 is 10.1. The van der Waals surface area contributed by atoms with Crippen molar-refractivity contribution in [1.29, 1.82) is 0 Å². The molecule has 0 radical (unpaired) electrons. The van der Waals surface area contributed by atoms with Crippen molar-refractivity contribution in [3.63, 3.8) is 0 Å². The van der Waals surface area contributed by atoms with Crippen LogP contribution in [0.4, 0.5) is 5.69 Å². The first-order chi connectivity index (χ1) is 6.70. The average Bonchev–Trinajstić information content (AvgIpc) is 2.18. The Labute approximate surface area is 81.4 Å². The lowest BCUT2D eigenvalue weighted by Crippen LogP contribution is -1.98. The summed E-state index contributed by atoms with van der Waals surface area (Å²) in [6.45, 7) is 2.25. The lowest BCUT2D eigenvalue weighted by Gasteiger charge is -2.08. The minimum atomic E-state index is -0.499. The van der Waals surface area contributed by atoms with E-state index >= 15 is 0 Å². The molecule has 0 aliphatic heterocycles. The van der Waals surface area contributed by atoms with Gasteiger partial charge in [-0.3, -0.25) is 10.1 Å². The van der Waals surface area contributed by atoms with Crippen molar-refractivity contribution in [1.82, 2.24) is 0 Å². The molecular weight excluding hydrogens is 186 g/mol. The van der Waals surface area contributed by atoms with E-state index in [-0.39, 0.29) is 11.4 Å². The molecule has 0 aromatic heterocycles. The SMILES string of the molecule is CCOc1cccc([N+](=O)[O-])c1OC. The molecule has 1 aromatic carbocycles. The third kappa shape index (κ3) is 1.93. The second-order valence-corrected chi connectivity index (χ2v) is 2.50. The van der Waals surface area contributed by atoms with Crippen molar-refractivity contribution in [3.05, 3.63) is 28.3 Å². The highest BCUT2D eigenvalue weighted by Crippen LogP contribution is 2.36. The van der Waals surface area contributed by atoms with E-state index in [9.17, 15) is 10.1 Å². The molecule has 0 amide bonds. The molecule has 0 heterocycles. The molecule has 0 aliphatic rings. The number of nitrogens with zero attached hydrogens (tertiary/aromatic N) is 1. The summed E-state index contributed by atoms with van der Waals surface area (Å²) in [6, 6.07) is 4.57. The van der Waals surface area contributed by atoms with Gasteiger partial charge in [-0.25, -0.2) is 0 Å². The summed E-state index contributed by atoms with van der Waals surface area (Å²) in [5.74, 6) is 0.559. The molecule has 0 bridgehead atoms. The van der Waals surface area contributed by atoms with Crippen LogP contribution in [0.1, 0.15) is 6.92 Å². The van der Waals surface area contributed by atoms with Gasteiger partial charge in [0.05, 0.1) is 18.6 Å². The summed E-state index contributed by atoms with van der Waals surface area (Å²) >= 11 is 0. The molecule has 0 saturated heterocycles. The van der Waals surface area contributed by atoms with Crippen LogP contribution in [0.5, 0.6) is 11.5 Å². The predicted molar refractivity (Wildman–Crippen MR) is 50.8 cm³/mol. The van der Waals surface area contributed by atoms with E-state index in [0.29, 0.717) is 12.4 Å². The van der Waals surface area contributed by atoms with Crippen LogP contribution in [-0.4, -0.2) is 18.6 Å². The first-order valence-corrected chi connectivity index (χ1v) is 4.15. The van der Waals surface area contributed by atoms with E-state index < -0.39 is 4.92 Å². The lowest BCUT2D eigenvalue weighted by atomic mass is 10.3. The maximum Gasteiger partial charge on any atom is 0.314 e. The molecule has 0 spiro atoms. The maximum atomic E-state index is 10.6. The minimum absolute atomic E-state index is 0.0848. The first kappa shape index (κ1) is 10.3. The van der Waals surface area contributed by atoms with Crippen LogP contribution in [-0.2, 0) is 0 Å². The van der Waals surface area contributed by atoms with E-state index in [1.54, 1.807) is 19.1 Å². The summed E-state index contributed by atoms with van der Waals surface area (Å²) in [4.78, 5) is 10.1. The Morgan fingerprint density at radius 2 is 2.21 bits per heavy atom. The highest BCUT2D eigenvalue weighted by molar-refractivity contribution is 5.55. The Bertz CT molecular complexity index is 338. The highest BCUT2D eigenvalue weighted by Gasteiger charge is 2.18. The van der Waals surface area contributed by atoms with E-state index in [0.717, 1.165) is 0 Å².